The van der Waals surface area contributed by atoms with Crippen molar-refractivity contribution in [1.29, 1.82) is 0 Å². The van der Waals surface area contributed by atoms with Crippen LogP contribution < -0.4 is 5.73 Å². The van der Waals surface area contributed by atoms with Crippen molar-refractivity contribution in [3.63, 3.8) is 0 Å². The topological polar surface area (TPSA) is 51.2 Å². The first kappa shape index (κ1) is 12.1. The van der Waals surface area contributed by atoms with E-state index in [9.17, 15) is 5.11 Å². The summed E-state index contributed by atoms with van der Waals surface area (Å²) in [5.41, 5.74) is 6.71. The lowest BCUT2D eigenvalue weighted by atomic mass is 9.94. The van der Waals surface area contributed by atoms with Gasteiger partial charge in [0.25, 0.3) is 0 Å². The van der Waals surface area contributed by atoms with Gasteiger partial charge in [-0.3, -0.25) is 5.73 Å². The van der Waals surface area contributed by atoms with E-state index in [1.165, 1.54) is 0 Å². The molecule has 3 heteroatoms. The number of aliphatic hydroxyl groups is 1. The van der Waals surface area contributed by atoms with Gasteiger partial charge in [0.1, 0.15) is 5.72 Å². The molecule has 1 heterocycles. The number of rotatable bonds is 3. The maximum Gasteiger partial charge on any atom is 0.141 e. The molecule has 17 heavy (non-hydrogen) atoms. The van der Waals surface area contributed by atoms with Crippen LogP contribution in [0.4, 0.5) is 0 Å². The number of aromatic nitrogens is 1. The van der Waals surface area contributed by atoms with E-state index in [4.69, 9.17) is 5.73 Å². The van der Waals surface area contributed by atoms with Crippen molar-refractivity contribution >= 4 is 10.9 Å². The molecule has 0 aliphatic rings. The Hall–Kier alpha value is -1.32. The summed E-state index contributed by atoms with van der Waals surface area (Å²) in [5, 5.41) is 11.5. The number of nitrogens with two attached hydrogens (primary N) is 1. The number of hydrogen-bond acceptors (Lipinski definition) is 2. The van der Waals surface area contributed by atoms with Gasteiger partial charge in [0.2, 0.25) is 0 Å². The first-order valence-electron chi connectivity index (χ1n) is 5.97. The fourth-order valence-electron chi connectivity index (χ4n) is 2.42. The van der Waals surface area contributed by atoms with Gasteiger partial charge in [-0.05, 0) is 18.4 Å². The standard InChI is InChI=1S/C14H20N2O/c1-10(2)8-14(15,17)12-9-16(3)13-7-5-4-6-11(12)13/h4-7,9-10,17H,8,15H2,1-3H3. The average Bonchev–Trinajstić information content (AvgIpc) is 2.56. The molecule has 0 saturated heterocycles. The number of para-hydroxylation sites is 1. The highest BCUT2D eigenvalue weighted by Gasteiger charge is 2.28. The molecular formula is C14H20N2O. The Morgan fingerprint density at radius 3 is 2.65 bits per heavy atom. The summed E-state index contributed by atoms with van der Waals surface area (Å²) < 4.78 is 2.00. The first-order valence-corrected chi connectivity index (χ1v) is 5.97. The lowest BCUT2D eigenvalue weighted by Gasteiger charge is -2.24. The van der Waals surface area contributed by atoms with Crippen LogP contribution in [-0.4, -0.2) is 9.67 Å². The van der Waals surface area contributed by atoms with Crippen LogP contribution in [0.5, 0.6) is 0 Å². The molecule has 2 rings (SSSR count). The molecule has 1 atom stereocenters. The lowest BCUT2D eigenvalue weighted by Crippen LogP contribution is -2.37. The summed E-state index contributed by atoms with van der Waals surface area (Å²) in [6, 6.07) is 7.99. The van der Waals surface area contributed by atoms with Crippen LogP contribution in [-0.2, 0) is 12.8 Å². The maximum atomic E-state index is 10.4. The highest BCUT2D eigenvalue weighted by Crippen LogP contribution is 2.30. The third-order valence-electron chi connectivity index (χ3n) is 3.08. The highest BCUT2D eigenvalue weighted by molar-refractivity contribution is 5.84. The molecule has 0 radical (unpaired) electrons. The average molecular weight is 232 g/mol. The maximum absolute atomic E-state index is 10.4. The largest absolute Gasteiger partial charge is 0.372 e. The zero-order chi connectivity index (χ0) is 12.6. The highest BCUT2D eigenvalue weighted by atomic mass is 16.3. The minimum absolute atomic E-state index is 0.351. The predicted molar refractivity (Wildman–Crippen MR) is 70.5 cm³/mol. The van der Waals surface area contributed by atoms with Crippen LogP contribution in [0.15, 0.2) is 30.5 Å². The molecule has 3 nitrogen and oxygen atoms in total. The van der Waals surface area contributed by atoms with E-state index in [1.807, 2.05) is 42.1 Å². The Bertz CT molecular complexity index is 526. The van der Waals surface area contributed by atoms with Crippen molar-refractivity contribution in [3.8, 4) is 0 Å². The van der Waals surface area contributed by atoms with E-state index in [2.05, 4.69) is 13.8 Å². The van der Waals surface area contributed by atoms with Gasteiger partial charge in [-0.25, -0.2) is 0 Å². The van der Waals surface area contributed by atoms with Gasteiger partial charge >= 0.3 is 0 Å². The summed E-state index contributed by atoms with van der Waals surface area (Å²) in [4.78, 5) is 0. The summed E-state index contributed by atoms with van der Waals surface area (Å²) >= 11 is 0. The van der Waals surface area contributed by atoms with E-state index in [0.29, 0.717) is 12.3 Å². The number of hydrogen-bond donors (Lipinski definition) is 2. The molecule has 0 fully saturated rings. The molecule has 1 aromatic heterocycles. The van der Waals surface area contributed by atoms with Crippen LogP contribution in [0.25, 0.3) is 10.9 Å². The van der Waals surface area contributed by atoms with Gasteiger partial charge in [-0.2, -0.15) is 0 Å². The van der Waals surface area contributed by atoms with Crippen LogP contribution >= 0.6 is 0 Å². The van der Waals surface area contributed by atoms with Crippen molar-refractivity contribution in [2.24, 2.45) is 18.7 Å². The summed E-state index contributed by atoms with van der Waals surface area (Å²) in [6.45, 7) is 4.12. The van der Waals surface area contributed by atoms with E-state index in [0.717, 1.165) is 16.5 Å². The Kier molecular flexibility index (Phi) is 2.98. The van der Waals surface area contributed by atoms with E-state index >= 15 is 0 Å². The number of benzene rings is 1. The second-order valence-corrected chi connectivity index (χ2v) is 5.19. The van der Waals surface area contributed by atoms with Crippen molar-refractivity contribution in [2.45, 2.75) is 26.0 Å². The molecule has 0 aliphatic heterocycles. The van der Waals surface area contributed by atoms with Crippen molar-refractivity contribution in [3.05, 3.63) is 36.0 Å². The SMILES string of the molecule is CC(C)CC(N)(O)c1cn(C)c2ccccc12. The van der Waals surface area contributed by atoms with Gasteiger partial charge in [0, 0.05) is 29.7 Å². The molecule has 92 valence electrons. The molecular weight excluding hydrogens is 212 g/mol. The summed E-state index contributed by atoms with van der Waals surface area (Å²) in [5.74, 6) is 0.351. The van der Waals surface area contributed by atoms with Crippen LogP contribution in [0.3, 0.4) is 0 Å². The minimum Gasteiger partial charge on any atom is -0.372 e. The van der Waals surface area contributed by atoms with Crippen molar-refractivity contribution in [2.75, 3.05) is 0 Å². The quantitative estimate of drug-likeness (QED) is 0.798. The monoisotopic (exact) mass is 232 g/mol. The Balaban J connectivity index is 2.55. The predicted octanol–water partition coefficient (Wildman–Crippen LogP) is 2.33. The lowest BCUT2D eigenvalue weighted by molar-refractivity contribution is 0.0231. The first-order chi connectivity index (χ1) is 7.92. The fraction of sp³-hybridized carbons (Fsp3) is 0.429. The van der Waals surface area contributed by atoms with E-state index in [-0.39, 0.29) is 0 Å². The smallest absolute Gasteiger partial charge is 0.141 e. The molecule has 1 unspecified atom stereocenters. The van der Waals surface area contributed by atoms with Gasteiger partial charge in [-0.15, -0.1) is 0 Å². The van der Waals surface area contributed by atoms with Crippen LogP contribution in [0, 0.1) is 5.92 Å². The summed E-state index contributed by atoms with van der Waals surface area (Å²) in [6.07, 6.45) is 2.48. The van der Waals surface area contributed by atoms with Crippen molar-refractivity contribution in [1.82, 2.24) is 4.57 Å². The zero-order valence-electron chi connectivity index (χ0n) is 10.6. The molecule has 0 saturated carbocycles. The van der Waals surface area contributed by atoms with E-state index < -0.39 is 5.72 Å². The Morgan fingerprint density at radius 2 is 2.00 bits per heavy atom. The molecule has 0 spiro atoms. The molecule has 1 aromatic carbocycles. The van der Waals surface area contributed by atoms with E-state index in [1.54, 1.807) is 0 Å². The van der Waals surface area contributed by atoms with Gasteiger partial charge < -0.3 is 9.67 Å². The second kappa shape index (κ2) is 4.17. The third kappa shape index (κ3) is 2.21. The molecule has 0 amide bonds. The van der Waals surface area contributed by atoms with Gasteiger partial charge in [0.15, 0.2) is 0 Å². The van der Waals surface area contributed by atoms with Gasteiger partial charge in [0.05, 0.1) is 0 Å². The summed E-state index contributed by atoms with van der Waals surface area (Å²) in [7, 11) is 1.97. The molecule has 0 bridgehead atoms. The number of aryl methyl sites for hydroxylation is 1. The van der Waals surface area contributed by atoms with Gasteiger partial charge in [-0.1, -0.05) is 32.0 Å². The fourth-order valence-corrected chi connectivity index (χ4v) is 2.42. The number of fused-ring (bicyclic) bond motifs is 1. The van der Waals surface area contributed by atoms with Crippen LogP contribution in [0.2, 0.25) is 0 Å². The van der Waals surface area contributed by atoms with Crippen molar-refractivity contribution < 1.29 is 5.11 Å². The molecule has 2 aromatic rings. The number of nitrogens with zero attached hydrogens (tertiary/aromatic N) is 1. The Morgan fingerprint density at radius 1 is 1.35 bits per heavy atom. The second-order valence-electron chi connectivity index (χ2n) is 5.19. The molecule has 3 N–H and O–H groups in total. The normalized spacial score (nSPS) is 15.4. The third-order valence-corrected chi connectivity index (χ3v) is 3.08. The van der Waals surface area contributed by atoms with Crippen LogP contribution in [0.1, 0.15) is 25.8 Å². The molecule has 0 aliphatic carbocycles. The Labute approximate surface area is 102 Å². The minimum atomic E-state index is -1.25. The zero-order valence-corrected chi connectivity index (χ0v) is 10.6.